The number of nitrogens with two attached hydrogens (primary N) is 1. The van der Waals surface area contributed by atoms with Crippen LogP contribution in [0.5, 0.6) is 5.75 Å². The van der Waals surface area contributed by atoms with Crippen molar-refractivity contribution in [2.75, 3.05) is 6.54 Å². The summed E-state index contributed by atoms with van der Waals surface area (Å²) in [6.07, 6.45) is -0.200. The van der Waals surface area contributed by atoms with Crippen molar-refractivity contribution in [2.24, 2.45) is 11.7 Å². The molecule has 0 fully saturated rings. The van der Waals surface area contributed by atoms with Gasteiger partial charge in [0.15, 0.2) is 0 Å². The van der Waals surface area contributed by atoms with Crippen molar-refractivity contribution < 1.29 is 9.53 Å². The van der Waals surface area contributed by atoms with E-state index in [0.717, 1.165) is 5.56 Å². The topological polar surface area (TPSA) is 64.4 Å². The van der Waals surface area contributed by atoms with E-state index in [-0.39, 0.29) is 36.4 Å². The molecule has 1 amide bonds. The molecular formula is C19H24Cl2N2O2. The van der Waals surface area contributed by atoms with Gasteiger partial charge in [0.2, 0.25) is 5.91 Å². The number of halogens is 2. The highest BCUT2D eigenvalue weighted by atomic mass is 35.5. The molecule has 0 spiro atoms. The maximum atomic E-state index is 12.3. The number of para-hydroxylation sites is 1. The lowest BCUT2D eigenvalue weighted by Crippen LogP contribution is -2.40. The average molecular weight is 383 g/mol. The SMILES string of the molecule is CC(CNC(=O)C(C)C(N)c1ccccc1)Oc1ccccc1Cl.Cl. The average Bonchev–Trinajstić information content (AvgIpc) is 2.61. The molecule has 25 heavy (non-hydrogen) atoms. The fraction of sp³-hybridized carbons (Fsp3) is 0.316. The van der Waals surface area contributed by atoms with Crippen molar-refractivity contribution in [1.29, 1.82) is 0 Å². The molecule has 0 aliphatic heterocycles. The predicted molar refractivity (Wildman–Crippen MR) is 104 cm³/mol. The maximum Gasteiger partial charge on any atom is 0.224 e. The quantitative estimate of drug-likeness (QED) is 0.760. The van der Waals surface area contributed by atoms with Gasteiger partial charge in [0, 0.05) is 6.04 Å². The zero-order chi connectivity index (χ0) is 17.5. The monoisotopic (exact) mass is 382 g/mol. The first-order valence-electron chi connectivity index (χ1n) is 7.98. The highest BCUT2D eigenvalue weighted by Gasteiger charge is 2.22. The van der Waals surface area contributed by atoms with Crippen LogP contribution in [0.4, 0.5) is 0 Å². The van der Waals surface area contributed by atoms with Crippen molar-refractivity contribution in [1.82, 2.24) is 5.32 Å². The third kappa shape index (κ3) is 6.24. The first kappa shape index (κ1) is 21.3. The first-order valence-corrected chi connectivity index (χ1v) is 8.36. The molecule has 4 nitrogen and oxygen atoms in total. The third-order valence-electron chi connectivity index (χ3n) is 3.87. The van der Waals surface area contributed by atoms with Gasteiger partial charge < -0.3 is 15.8 Å². The van der Waals surface area contributed by atoms with Gasteiger partial charge in [-0.25, -0.2) is 0 Å². The normalized spacial score (nSPS) is 13.9. The van der Waals surface area contributed by atoms with Crippen LogP contribution in [-0.4, -0.2) is 18.6 Å². The molecule has 0 aliphatic carbocycles. The molecule has 0 heterocycles. The van der Waals surface area contributed by atoms with E-state index in [2.05, 4.69) is 5.32 Å². The second kappa shape index (κ2) is 10.3. The molecular weight excluding hydrogens is 359 g/mol. The summed E-state index contributed by atoms with van der Waals surface area (Å²) in [6.45, 7) is 4.09. The molecule has 0 aromatic heterocycles. The number of ether oxygens (including phenoxy) is 1. The minimum atomic E-state index is -0.342. The number of rotatable bonds is 7. The van der Waals surface area contributed by atoms with Crippen molar-refractivity contribution in [3.8, 4) is 5.75 Å². The van der Waals surface area contributed by atoms with E-state index < -0.39 is 0 Å². The Hall–Kier alpha value is -1.75. The fourth-order valence-corrected chi connectivity index (χ4v) is 2.51. The molecule has 2 aromatic rings. The molecule has 3 unspecified atom stereocenters. The van der Waals surface area contributed by atoms with Crippen LogP contribution >= 0.6 is 24.0 Å². The van der Waals surface area contributed by atoms with Crippen LogP contribution in [0.2, 0.25) is 5.02 Å². The van der Waals surface area contributed by atoms with Gasteiger partial charge in [-0.1, -0.05) is 61.0 Å². The minimum absolute atomic E-state index is 0. The van der Waals surface area contributed by atoms with Gasteiger partial charge in [0.1, 0.15) is 11.9 Å². The number of carbonyl (C=O) groups excluding carboxylic acids is 1. The Balaban J connectivity index is 0.00000312. The number of benzene rings is 2. The summed E-state index contributed by atoms with van der Waals surface area (Å²) in [5, 5.41) is 3.44. The summed E-state index contributed by atoms with van der Waals surface area (Å²) in [6, 6.07) is 16.5. The molecule has 6 heteroatoms. The molecule has 2 rings (SSSR count). The smallest absolute Gasteiger partial charge is 0.224 e. The Kier molecular flexibility index (Phi) is 8.76. The molecule has 3 N–H and O–H groups in total. The van der Waals surface area contributed by atoms with Gasteiger partial charge in [0.25, 0.3) is 0 Å². The van der Waals surface area contributed by atoms with E-state index in [1.165, 1.54) is 0 Å². The number of carbonyl (C=O) groups is 1. The summed E-state index contributed by atoms with van der Waals surface area (Å²) in [7, 11) is 0. The highest BCUT2D eigenvalue weighted by Crippen LogP contribution is 2.24. The van der Waals surface area contributed by atoms with Crippen molar-refractivity contribution >= 4 is 29.9 Å². The zero-order valence-electron chi connectivity index (χ0n) is 14.3. The predicted octanol–water partition coefficient (Wildman–Crippen LogP) is 3.98. The Bertz CT molecular complexity index is 667. The number of hydrogen-bond donors (Lipinski definition) is 2. The molecule has 0 saturated heterocycles. The Labute approximate surface area is 160 Å². The molecule has 3 atom stereocenters. The maximum absolute atomic E-state index is 12.3. The Morgan fingerprint density at radius 3 is 2.36 bits per heavy atom. The molecule has 136 valence electrons. The molecule has 0 radical (unpaired) electrons. The van der Waals surface area contributed by atoms with Crippen molar-refractivity contribution in [3.63, 3.8) is 0 Å². The van der Waals surface area contributed by atoms with E-state index in [4.69, 9.17) is 22.1 Å². The standard InChI is InChI=1S/C19H23ClN2O2.ClH/c1-13(24-17-11-7-6-10-16(17)20)12-22-19(23)14(2)18(21)15-8-4-3-5-9-15;/h3-11,13-14,18H,12,21H2,1-2H3,(H,22,23);1H. The van der Waals surface area contributed by atoms with Gasteiger partial charge in [-0.2, -0.15) is 0 Å². The van der Waals surface area contributed by atoms with E-state index in [1.807, 2.05) is 56.3 Å². The van der Waals surface area contributed by atoms with Gasteiger partial charge in [0.05, 0.1) is 17.5 Å². The second-order valence-corrected chi connectivity index (χ2v) is 6.24. The molecule has 0 saturated carbocycles. The van der Waals surface area contributed by atoms with Crippen LogP contribution in [0.25, 0.3) is 0 Å². The number of nitrogens with one attached hydrogen (secondary N) is 1. The summed E-state index contributed by atoms with van der Waals surface area (Å²) in [5.41, 5.74) is 7.12. The van der Waals surface area contributed by atoms with Gasteiger partial charge in [-0.3, -0.25) is 4.79 Å². The molecule has 0 aliphatic rings. The largest absolute Gasteiger partial charge is 0.487 e. The van der Waals surface area contributed by atoms with E-state index in [9.17, 15) is 4.79 Å². The highest BCUT2D eigenvalue weighted by molar-refractivity contribution is 6.32. The van der Waals surface area contributed by atoms with E-state index in [0.29, 0.717) is 17.3 Å². The van der Waals surface area contributed by atoms with Crippen molar-refractivity contribution in [3.05, 3.63) is 65.2 Å². The summed E-state index contributed by atoms with van der Waals surface area (Å²) in [5.74, 6) is 0.177. The van der Waals surface area contributed by atoms with Crippen molar-refractivity contribution in [2.45, 2.75) is 26.0 Å². The van der Waals surface area contributed by atoms with Gasteiger partial charge in [-0.15, -0.1) is 12.4 Å². The van der Waals surface area contributed by atoms with E-state index in [1.54, 1.807) is 12.1 Å². The lowest BCUT2D eigenvalue weighted by atomic mass is 9.94. The van der Waals surface area contributed by atoms with Crippen LogP contribution < -0.4 is 15.8 Å². The lowest BCUT2D eigenvalue weighted by Gasteiger charge is -2.21. The summed E-state index contributed by atoms with van der Waals surface area (Å²) in [4.78, 5) is 12.3. The Morgan fingerprint density at radius 1 is 1.12 bits per heavy atom. The Morgan fingerprint density at radius 2 is 1.72 bits per heavy atom. The molecule has 0 bridgehead atoms. The van der Waals surface area contributed by atoms with Crippen LogP contribution in [0, 0.1) is 5.92 Å². The zero-order valence-corrected chi connectivity index (χ0v) is 15.9. The summed E-state index contributed by atoms with van der Waals surface area (Å²) < 4.78 is 5.74. The van der Waals surface area contributed by atoms with Crippen LogP contribution in [0.1, 0.15) is 25.5 Å². The third-order valence-corrected chi connectivity index (χ3v) is 4.18. The second-order valence-electron chi connectivity index (χ2n) is 5.83. The number of amides is 1. The number of hydrogen-bond acceptors (Lipinski definition) is 3. The minimum Gasteiger partial charge on any atom is -0.487 e. The van der Waals surface area contributed by atoms with Gasteiger partial charge in [-0.05, 0) is 24.6 Å². The first-order chi connectivity index (χ1) is 11.5. The van der Waals surface area contributed by atoms with Crippen LogP contribution in [0.3, 0.4) is 0 Å². The van der Waals surface area contributed by atoms with Gasteiger partial charge >= 0.3 is 0 Å². The van der Waals surface area contributed by atoms with Crippen LogP contribution in [0.15, 0.2) is 54.6 Å². The van der Waals surface area contributed by atoms with Crippen LogP contribution in [-0.2, 0) is 4.79 Å². The lowest BCUT2D eigenvalue weighted by molar-refractivity contribution is -0.125. The summed E-state index contributed by atoms with van der Waals surface area (Å²) >= 11 is 6.06. The molecule has 2 aromatic carbocycles. The fourth-order valence-electron chi connectivity index (χ4n) is 2.33. The van der Waals surface area contributed by atoms with E-state index >= 15 is 0 Å².